The van der Waals surface area contributed by atoms with Crippen LogP contribution in [0.3, 0.4) is 0 Å². The van der Waals surface area contributed by atoms with Crippen LogP contribution >= 0.6 is 11.6 Å². The summed E-state index contributed by atoms with van der Waals surface area (Å²) < 4.78 is 11.3. The van der Waals surface area contributed by atoms with E-state index in [-0.39, 0.29) is 12.2 Å². The van der Waals surface area contributed by atoms with Crippen molar-refractivity contribution in [3.8, 4) is 0 Å². The molecule has 100 valence electrons. The zero-order chi connectivity index (χ0) is 13.1. The highest BCUT2D eigenvalue weighted by Gasteiger charge is 2.29. The molecule has 1 aromatic heterocycles. The summed E-state index contributed by atoms with van der Waals surface area (Å²) in [5, 5.41) is 11.0. The number of para-hydroxylation sites is 1. The van der Waals surface area contributed by atoms with E-state index in [1.54, 1.807) is 0 Å². The first-order valence-electron chi connectivity index (χ1n) is 6.22. The predicted octanol–water partition coefficient (Wildman–Crippen LogP) is 3.27. The standard InChI is InChI=1S/C13H14ClN3O2/c14-8-10-6-7-11(18-10)12-16-17-13(19-12)15-9-4-2-1-3-5-9/h1-5,10-11H,6-8H2,(H,15,17)/t10-,11-/m1/s1. The second-order valence-electron chi connectivity index (χ2n) is 4.41. The Balaban J connectivity index is 1.67. The third-order valence-electron chi connectivity index (χ3n) is 3.02. The van der Waals surface area contributed by atoms with Crippen molar-refractivity contribution in [3.63, 3.8) is 0 Å². The Kier molecular flexibility index (Phi) is 3.66. The van der Waals surface area contributed by atoms with Crippen LogP contribution in [0.25, 0.3) is 0 Å². The molecular weight excluding hydrogens is 266 g/mol. The third kappa shape index (κ3) is 2.88. The molecule has 0 bridgehead atoms. The van der Waals surface area contributed by atoms with Gasteiger partial charge >= 0.3 is 6.01 Å². The second-order valence-corrected chi connectivity index (χ2v) is 4.72. The van der Waals surface area contributed by atoms with Crippen molar-refractivity contribution < 1.29 is 9.15 Å². The minimum Gasteiger partial charge on any atom is -0.405 e. The Morgan fingerprint density at radius 2 is 2.05 bits per heavy atom. The van der Waals surface area contributed by atoms with E-state index < -0.39 is 0 Å². The molecule has 1 aliphatic rings. The molecule has 0 amide bonds. The van der Waals surface area contributed by atoms with Gasteiger partial charge in [-0.25, -0.2) is 0 Å². The molecule has 3 rings (SSSR count). The number of ether oxygens (including phenoxy) is 1. The molecule has 0 unspecified atom stereocenters. The molecule has 1 N–H and O–H groups in total. The van der Waals surface area contributed by atoms with Crippen LogP contribution < -0.4 is 5.32 Å². The number of alkyl halides is 1. The number of hydrogen-bond acceptors (Lipinski definition) is 5. The van der Waals surface area contributed by atoms with Gasteiger partial charge in [0.2, 0.25) is 5.89 Å². The molecule has 5 nitrogen and oxygen atoms in total. The van der Waals surface area contributed by atoms with Crippen molar-refractivity contribution in [1.29, 1.82) is 0 Å². The molecule has 2 atom stereocenters. The van der Waals surface area contributed by atoms with Crippen LogP contribution in [0.5, 0.6) is 0 Å². The molecule has 0 saturated carbocycles. The first-order valence-corrected chi connectivity index (χ1v) is 6.75. The average molecular weight is 280 g/mol. The zero-order valence-electron chi connectivity index (χ0n) is 10.3. The van der Waals surface area contributed by atoms with Crippen molar-refractivity contribution in [2.45, 2.75) is 25.0 Å². The van der Waals surface area contributed by atoms with Gasteiger partial charge in [-0.1, -0.05) is 23.3 Å². The van der Waals surface area contributed by atoms with Crippen molar-refractivity contribution in [1.82, 2.24) is 10.2 Å². The van der Waals surface area contributed by atoms with Crippen LogP contribution in [0.4, 0.5) is 11.7 Å². The van der Waals surface area contributed by atoms with Gasteiger partial charge in [-0.2, -0.15) is 0 Å². The van der Waals surface area contributed by atoms with E-state index in [0.717, 1.165) is 18.5 Å². The van der Waals surface area contributed by atoms with Gasteiger partial charge < -0.3 is 14.5 Å². The molecule has 0 aliphatic carbocycles. The fourth-order valence-corrected chi connectivity index (χ4v) is 2.29. The van der Waals surface area contributed by atoms with Crippen molar-refractivity contribution in [3.05, 3.63) is 36.2 Å². The third-order valence-corrected chi connectivity index (χ3v) is 3.36. The Bertz CT molecular complexity index is 532. The van der Waals surface area contributed by atoms with Crippen LogP contribution in [0.1, 0.15) is 24.8 Å². The average Bonchev–Trinajstić information content (AvgIpc) is 3.08. The number of benzene rings is 1. The van der Waals surface area contributed by atoms with E-state index in [4.69, 9.17) is 20.8 Å². The molecule has 1 aromatic carbocycles. The van der Waals surface area contributed by atoms with Gasteiger partial charge in [0.15, 0.2) is 0 Å². The molecule has 2 aromatic rings. The van der Waals surface area contributed by atoms with Crippen molar-refractivity contribution in [2.24, 2.45) is 0 Å². The van der Waals surface area contributed by atoms with Gasteiger partial charge in [-0.05, 0) is 25.0 Å². The molecular formula is C13H14ClN3O2. The summed E-state index contributed by atoms with van der Waals surface area (Å²) in [7, 11) is 0. The maximum absolute atomic E-state index is 5.77. The SMILES string of the molecule is ClC[C@H]1CC[C@H](c2nnc(Nc3ccccc3)o2)O1. The lowest BCUT2D eigenvalue weighted by Gasteiger charge is -2.07. The van der Waals surface area contributed by atoms with Crippen LogP contribution in [-0.2, 0) is 4.74 Å². The zero-order valence-corrected chi connectivity index (χ0v) is 11.0. The lowest BCUT2D eigenvalue weighted by Crippen LogP contribution is -2.07. The fourth-order valence-electron chi connectivity index (χ4n) is 2.06. The summed E-state index contributed by atoms with van der Waals surface area (Å²) in [6.07, 6.45) is 1.74. The molecule has 19 heavy (non-hydrogen) atoms. The van der Waals surface area contributed by atoms with E-state index in [0.29, 0.717) is 17.8 Å². The Hall–Kier alpha value is -1.59. The van der Waals surface area contributed by atoms with Gasteiger partial charge in [0.1, 0.15) is 6.10 Å². The van der Waals surface area contributed by atoms with Crippen LogP contribution in [0.2, 0.25) is 0 Å². The van der Waals surface area contributed by atoms with Gasteiger partial charge in [-0.15, -0.1) is 16.7 Å². The second kappa shape index (κ2) is 5.59. The number of nitrogens with one attached hydrogen (secondary N) is 1. The summed E-state index contributed by atoms with van der Waals surface area (Å²) in [5.74, 6) is 1.01. The topological polar surface area (TPSA) is 60.2 Å². The molecule has 0 radical (unpaired) electrons. The summed E-state index contributed by atoms with van der Waals surface area (Å²) in [4.78, 5) is 0. The van der Waals surface area contributed by atoms with E-state index in [1.807, 2.05) is 30.3 Å². The minimum atomic E-state index is -0.137. The summed E-state index contributed by atoms with van der Waals surface area (Å²) in [6, 6.07) is 10.1. The molecule has 1 saturated heterocycles. The molecule has 6 heteroatoms. The summed E-state index contributed by atoms with van der Waals surface area (Å²) in [5.41, 5.74) is 0.906. The molecule has 0 spiro atoms. The highest BCUT2D eigenvalue weighted by molar-refractivity contribution is 6.18. The quantitative estimate of drug-likeness (QED) is 0.871. The van der Waals surface area contributed by atoms with Crippen molar-refractivity contribution >= 4 is 23.3 Å². The number of halogens is 1. The van der Waals surface area contributed by atoms with Gasteiger partial charge in [-0.3, -0.25) is 0 Å². The number of rotatable bonds is 4. The lowest BCUT2D eigenvalue weighted by molar-refractivity contribution is 0.0412. The highest BCUT2D eigenvalue weighted by Crippen LogP contribution is 2.33. The van der Waals surface area contributed by atoms with Crippen LogP contribution in [0, 0.1) is 0 Å². The van der Waals surface area contributed by atoms with Gasteiger partial charge in [0.05, 0.1) is 6.10 Å². The van der Waals surface area contributed by atoms with E-state index in [1.165, 1.54) is 0 Å². The first kappa shape index (κ1) is 12.4. The van der Waals surface area contributed by atoms with Gasteiger partial charge in [0, 0.05) is 11.6 Å². The summed E-state index contributed by atoms with van der Waals surface area (Å²) in [6.45, 7) is 0. The minimum absolute atomic E-state index is 0.0871. The summed E-state index contributed by atoms with van der Waals surface area (Å²) >= 11 is 5.77. The smallest absolute Gasteiger partial charge is 0.320 e. The monoisotopic (exact) mass is 279 g/mol. The van der Waals surface area contributed by atoms with Crippen LogP contribution in [-0.4, -0.2) is 22.2 Å². The number of nitrogens with zero attached hydrogens (tertiary/aromatic N) is 2. The molecule has 2 heterocycles. The maximum atomic E-state index is 5.77. The molecule has 1 aliphatic heterocycles. The Morgan fingerprint density at radius 3 is 2.79 bits per heavy atom. The Morgan fingerprint density at radius 1 is 1.21 bits per heavy atom. The van der Waals surface area contributed by atoms with E-state index >= 15 is 0 Å². The fraction of sp³-hybridized carbons (Fsp3) is 0.385. The van der Waals surface area contributed by atoms with E-state index in [9.17, 15) is 0 Å². The first-order chi connectivity index (χ1) is 9.35. The predicted molar refractivity (Wildman–Crippen MR) is 71.6 cm³/mol. The molecule has 1 fully saturated rings. The number of aromatic nitrogens is 2. The normalized spacial score (nSPS) is 22.6. The Labute approximate surface area is 115 Å². The van der Waals surface area contributed by atoms with Crippen LogP contribution in [0.15, 0.2) is 34.7 Å². The van der Waals surface area contributed by atoms with Gasteiger partial charge in [0.25, 0.3) is 0 Å². The number of hydrogen-bond donors (Lipinski definition) is 1. The highest BCUT2D eigenvalue weighted by atomic mass is 35.5. The maximum Gasteiger partial charge on any atom is 0.320 e. The largest absolute Gasteiger partial charge is 0.405 e. The van der Waals surface area contributed by atoms with Crippen molar-refractivity contribution in [2.75, 3.05) is 11.2 Å². The lowest BCUT2D eigenvalue weighted by atomic mass is 10.2. The van der Waals surface area contributed by atoms with E-state index in [2.05, 4.69) is 15.5 Å². The number of anilines is 2.